The molecule has 4 nitrogen and oxygen atoms in total. The van der Waals surface area contributed by atoms with Crippen molar-refractivity contribution in [3.05, 3.63) is 54.1 Å². The van der Waals surface area contributed by atoms with Gasteiger partial charge in [0.15, 0.2) is 16.6 Å². The first kappa shape index (κ1) is 15.6. The number of anilines is 1. The third-order valence-electron chi connectivity index (χ3n) is 3.72. The molecular formula is C18H20N2O2S. The van der Waals surface area contributed by atoms with Crippen molar-refractivity contribution in [3.63, 3.8) is 0 Å². The normalized spacial score (nSPS) is 14.0. The minimum atomic E-state index is 0.188. The average Bonchev–Trinajstić information content (AvgIpc) is 2.60. The summed E-state index contributed by atoms with van der Waals surface area (Å²) in [6, 6.07) is 16.2. The van der Waals surface area contributed by atoms with Crippen LogP contribution in [0.2, 0.25) is 0 Å². The zero-order valence-electron chi connectivity index (χ0n) is 13.0. The highest BCUT2D eigenvalue weighted by Gasteiger charge is 2.13. The summed E-state index contributed by atoms with van der Waals surface area (Å²) in [6.45, 7) is 3.30. The number of hydrogen-bond acceptors (Lipinski definition) is 3. The number of thiocarbonyl (C=S) groups is 1. The topological polar surface area (TPSA) is 42.5 Å². The van der Waals surface area contributed by atoms with Crippen molar-refractivity contribution in [3.8, 4) is 11.5 Å². The first-order valence-electron chi connectivity index (χ1n) is 7.78. The predicted molar refractivity (Wildman–Crippen MR) is 96.3 cm³/mol. The molecule has 1 aliphatic heterocycles. The monoisotopic (exact) mass is 328 g/mol. The number of benzene rings is 2. The van der Waals surface area contributed by atoms with E-state index >= 15 is 0 Å². The summed E-state index contributed by atoms with van der Waals surface area (Å²) in [6.07, 6.45) is 0.951. The molecule has 5 heteroatoms. The number of hydrogen-bond donors (Lipinski definition) is 2. The van der Waals surface area contributed by atoms with Crippen LogP contribution in [0.1, 0.15) is 24.9 Å². The number of nitrogens with one attached hydrogen (secondary N) is 2. The molecule has 1 heterocycles. The van der Waals surface area contributed by atoms with Crippen molar-refractivity contribution in [2.45, 2.75) is 19.4 Å². The molecule has 0 aliphatic carbocycles. The van der Waals surface area contributed by atoms with Gasteiger partial charge in [0.1, 0.15) is 13.2 Å². The van der Waals surface area contributed by atoms with Gasteiger partial charge in [0.2, 0.25) is 0 Å². The van der Waals surface area contributed by atoms with E-state index in [1.165, 1.54) is 5.56 Å². The summed E-state index contributed by atoms with van der Waals surface area (Å²) >= 11 is 5.44. The van der Waals surface area contributed by atoms with E-state index in [2.05, 4.69) is 29.7 Å². The van der Waals surface area contributed by atoms with E-state index in [-0.39, 0.29) is 6.04 Å². The fourth-order valence-electron chi connectivity index (χ4n) is 2.55. The smallest absolute Gasteiger partial charge is 0.171 e. The highest BCUT2D eigenvalue weighted by Crippen LogP contribution is 2.32. The van der Waals surface area contributed by atoms with Crippen LogP contribution in [0.3, 0.4) is 0 Å². The lowest BCUT2D eigenvalue weighted by Crippen LogP contribution is -2.32. The van der Waals surface area contributed by atoms with E-state index < -0.39 is 0 Å². The van der Waals surface area contributed by atoms with Crippen LogP contribution in [0.25, 0.3) is 0 Å². The van der Waals surface area contributed by atoms with Gasteiger partial charge in [-0.2, -0.15) is 0 Å². The summed E-state index contributed by atoms with van der Waals surface area (Å²) in [5, 5.41) is 7.17. The summed E-state index contributed by atoms with van der Waals surface area (Å²) in [5.74, 6) is 1.52. The van der Waals surface area contributed by atoms with E-state index in [0.717, 1.165) is 23.6 Å². The Morgan fingerprint density at radius 1 is 1.09 bits per heavy atom. The van der Waals surface area contributed by atoms with E-state index in [0.29, 0.717) is 18.3 Å². The standard InChI is InChI=1S/C18H20N2O2S/c1-2-15(13-6-4-3-5-7-13)20-18(23)19-14-8-9-16-17(12-14)22-11-10-21-16/h3-9,12,15H,2,10-11H2,1H3,(H2,19,20,23)/t15-/m0/s1. The molecule has 1 aliphatic rings. The Labute approximate surface area is 141 Å². The Morgan fingerprint density at radius 3 is 2.57 bits per heavy atom. The second kappa shape index (κ2) is 7.33. The van der Waals surface area contributed by atoms with Gasteiger partial charge >= 0.3 is 0 Å². The SMILES string of the molecule is CC[C@H](NC(=S)Nc1ccc2c(c1)OCCO2)c1ccccc1. The molecule has 0 bridgehead atoms. The van der Waals surface area contributed by atoms with Gasteiger partial charge in [0.25, 0.3) is 0 Å². The number of fused-ring (bicyclic) bond motifs is 1. The summed E-state index contributed by atoms with van der Waals surface area (Å²) in [4.78, 5) is 0. The van der Waals surface area contributed by atoms with E-state index in [1.807, 2.05) is 36.4 Å². The molecular weight excluding hydrogens is 308 g/mol. The summed E-state index contributed by atoms with van der Waals surface area (Å²) in [5.41, 5.74) is 2.11. The summed E-state index contributed by atoms with van der Waals surface area (Å²) < 4.78 is 11.1. The fourth-order valence-corrected chi connectivity index (χ4v) is 2.81. The summed E-state index contributed by atoms with van der Waals surface area (Å²) in [7, 11) is 0. The highest BCUT2D eigenvalue weighted by molar-refractivity contribution is 7.80. The quantitative estimate of drug-likeness (QED) is 0.833. The lowest BCUT2D eigenvalue weighted by atomic mass is 10.1. The molecule has 0 radical (unpaired) electrons. The largest absolute Gasteiger partial charge is 0.486 e. The van der Waals surface area contributed by atoms with E-state index in [4.69, 9.17) is 21.7 Å². The zero-order chi connectivity index (χ0) is 16.1. The van der Waals surface area contributed by atoms with Crippen LogP contribution < -0.4 is 20.1 Å². The fraction of sp³-hybridized carbons (Fsp3) is 0.278. The van der Waals surface area contributed by atoms with Crippen molar-refractivity contribution in [2.75, 3.05) is 18.5 Å². The molecule has 2 N–H and O–H groups in total. The van der Waals surface area contributed by atoms with Crippen LogP contribution in [0, 0.1) is 0 Å². The minimum absolute atomic E-state index is 0.188. The molecule has 0 spiro atoms. The zero-order valence-corrected chi connectivity index (χ0v) is 13.9. The van der Waals surface area contributed by atoms with Crippen LogP contribution in [-0.4, -0.2) is 18.3 Å². The van der Waals surface area contributed by atoms with Gasteiger partial charge in [0.05, 0.1) is 6.04 Å². The molecule has 3 rings (SSSR count). The first-order valence-corrected chi connectivity index (χ1v) is 8.19. The van der Waals surface area contributed by atoms with Crippen LogP contribution >= 0.6 is 12.2 Å². The molecule has 2 aromatic carbocycles. The van der Waals surface area contributed by atoms with Crippen LogP contribution in [-0.2, 0) is 0 Å². The Hall–Kier alpha value is -2.27. The maximum atomic E-state index is 5.59. The van der Waals surface area contributed by atoms with Crippen molar-refractivity contribution in [1.82, 2.24) is 5.32 Å². The van der Waals surface area contributed by atoms with E-state index in [1.54, 1.807) is 0 Å². The maximum absolute atomic E-state index is 5.59. The van der Waals surface area contributed by atoms with Crippen molar-refractivity contribution in [1.29, 1.82) is 0 Å². The molecule has 0 amide bonds. The van der Waals surface area contributed by atoms with Gasteiger partial charge in [0, 0.05) is 11.8 Å². The van der Waals surface area contributed by atoms with Crippen molar-refractivity contribution in [2.24, 2.45) is 0 Å². The molecule has 0 aromatic heterocycles. The van der Waals surface area contributed by atoms with Crippen molar-refractivity contribution >= 4 is 23.0 Å². The molecule has 2 aromatic rings. The highest BCUT2D eigenvalue weighted by atomic mass is 32.1. The van der Waals surface area contributed by atoms with E-state index in [9.17, 15) is 0 Å². The molecule has 23 heavy (non-hydrogen) atoms. The molecule has 0 unspecified atom stereocenters. The third kappa shape index (κ3) is 3.93. The molecule has 1 atom stereocenters. The predicted octanol–water partition coefficient (Wildman–Crippen LogP) is 3.90. The average molecular weight is 328 g/mol. The molecule has 0 fully saturated rings. The molecule has 0 saturated heterocycles. The van der Waals surface area contributed by atoms with Crippen LogP contribution in [0.4, 0.5) is 5.69 Å². The minimum Gasteiger partial charge on any atom is -0.486 e. The van der Waals surface area contributed by atoms with Crippen LogP contribution in [0.15, 0.2) is 48.5 Å². The number of ether oxygens (including phenoxy) is 2. The van der Waals surface area contributed by atoms with Gasteiger partial charge in [-0.3, -0.25) is 0 Å². The van der Waals surface area contributed by atoms with Crippen molar-refractivity contribution < 1.29 is 9.47 Å². The second-order valence-corrected chi connectivity index (χ2v) is 5.74. The number of rotatable bonds is 4. The Balaban J connectivity index is 1.64. The van der Waals surface area contributed by atoms with Gasteiger partial charge in [-0.15, -0.1) is 0 Å². The van der Waals surface area contributed by atoms with Gasteiger partial charge in [-0.1, -0.05) is 37.3 Å². The lowest BCUT2D eigenvalue weighted by Gasteiger charge is -2.21. The second-order valence-electron chi connectivity index (χ2n) is 5.33. The first-order chi connectivity index (χ1) is 11.3. The van der Waals surface area contributed by atoms with Crippen LogP contribution in [0.5, 0.6) is 11.5 Å². The van der Waals surface area contributed by atoms with Gasteiger partial charge in [-0.25, -0.2) is 0 Å². The van der Waals surface area contributed by atoms with Gasteiger partial charge < -0.3 is 20.1 Å². The third-order valence-corrected chi connectivity index (χ3v) is 3.94. The Bertz CT molecular complexity index is 676. The molecule has 120 valence electrons. The Morgan fingerprint density at radius 2 is 1.83 bits per heavy atom. The van der Waals surface area contributed by atoms with Gasteiger partial charge in [-0.05, 0) is 36.3 Å². The Kier molecular flexibility index (Phi) is 4.98. The maximum Gasteiger partial charge on any atom is 0.171 e. The molecule has 0 saturated carbocycles. The lowest BCUT2D eigenvalue weighted by molar-refractivity contribution is 0.171.